The predicted molar refractivity (Wildman–Crippen MR) is 88.2 cm³/mol. The van der Waals surface area contributed by atoms with E-state index in [-0.39, 0.29) is 0 Å². The zero-order valence-electron chi connectivity index (χ0n) is 12.7. The maximum absolute atomic E-state index is 5.23. The van der Waals surface area contributed by atoms with Gasteiger partial charge in [-0.1, -0.05) is 19.1 Å². The van der Waals surface area contributed by atoms with Crippen LogP contribution in [0.1, 0.15) is 18.9 Å². The van der Waals surface area contributed by atoms with E-state index in [1.807, 2.05) is 24.5 Å². The van der Waals surface area contributed by atoms with Gasteiger partial charge in [0.25, 0.3) is 0 Å². The number of nitrogens with one attached hydrogen (secondary N) is 2. The predicted octanol–water partition coefficient (Wildman–Crippen LogP) is 3.57. The summed E-state index contributed by atoms with van der Waals surface area (Å²) in [6.45, 7) is 3.98. The Morgan fingerprint density at radius 3 is 2.52 bits per heavy atom. The van der Waals surface area contributed by atoms with Crippen LogP contribution in [0.25, 0.3) is 0 Å². The highest BCUT2D eigenvalue weighted by Gasteiger charge is 1.98. The molecule has 2 aromatic rings. The fraction of sp³-hybridized carbons (Fsp3) is 0.353. The number of nitrogens with zero attached hydrogens (tertiary/aromatic N) is 1. The largest absolute Gasteiger partial charge is 0.497 e. The molecule has 0 amide bonds. The Bertz CT molecular complexity index is 557. The van der Waals surface area contributed by atoms with Gasteiger partial charge in [0.05, 0.1) is 30.9 Å². The van der Waals surface area contributed by atoms with Gasteiger partial charge >= 0.3 is 0 Å². The molecule has 0 spiro atoms. The van der Waals surface area contributed by atoms with Crippen LogP contribution in [0, 0.1) is 0 Å². The standard InChI is InChI=1S/C17H23N3O/c1-3-8-19-15-11-16(13-18-12-15)20-9-7-14-5-4-6-17(10-14)21-2/h4-6,10-13,19-20H,3,7-9H2,1-2H3. The first-order valence-corrected chi connectivity index (χ1v) is 7.37. The summed E-state index contributed by atoms with van der Waals surface area (Å²) in [5.74, 6) is 0.903. The number of pyridine rings is 1. The number of aromatic nitrogens is 1. The summed E-state index contributed by atoms with van der Waals surface area (Å²) in [7, 11) is 1.69. The van der Waals surface area contributed by atoms with E-state index in [0.29, 0.717) is 0 Å². The lowest BCUT2D eigenvalue weighted by Crippen LogP contribution is -2.06. The minimum Gasteiger partial charge on any atom is -0.497 e. The number of rotatable bonds is 8. The van der Waals surface area contributed by atoms with E-state index in [2.05, 4.69) is 40.7 Å². The first-order chi connectivity index (χ1) is 10.3. The van der Waals surface area contributed by atoms with Gasteiger partial charge in [-0.15, -0.1) is 0 Å². The summed E-state index contributed by atoms with van der Waals surface area (Å²) in [5.41, 5.74) is 3.36. The molecule has 0 saturated carbocycles. The van der Waals surface area contributed by atoms with Crippen LogP contribution in [0.5, 0.6) is 5.75 Å². The molecular weight excluding hydrogens is 262 g/mol. The van der Waals surface area contributed by atoms with Crippen LogP contribution in [0.3, 0.4) is 0 Å². The summed E-state index contributed by atoms with van der Waals surface area (Å²) < 4.78 is 5.23. The maximum atomic E-state index is 5.23. The lowest BCUT2D eigenvalue weighted by Gasteiger charge is -2.09. The molecule has 21 heavy (non-hydrogen) atoms. The highest BCUT2D eigenvalue weighted by Crippen LogP contribution is 2.15. The van der Waals surface area contributed by atoms with E-state index in [0.717, 1.165) is 43.1 Å². The SMILES string of the molecule is CCCNc1cncc(NCCc2cccc(OC)c2)c1. The zero-order chi connectivity index (χ0) is 14.9. The minimum absolute atomic E-state index is 0.867. The Labute approximate surface area is 126 Å². The van der Waals surface area contributed by atoms with Crippen molar-refractivity contribution in [3.8, 4) is 5.75 Å². The van der Waals surface area contributed by atoms with Gasteiger partial charge in [-0.3, -0.25) is 4.98 Å². The van der Waals surface area contributed by atoms with Crippen LogP contribution < -0.4 is 15.4 Å². The highest BCUT2D eigenvalue weighted by atomic mass is 16.5. The molecule has 0 aliphatic carbocycles. The second-order valence-corrected chi connectivity index (χ2v) is 4.92. The first-order valence-electron chi connectivity index (χ1n) is 7.37. The van der Waals surface area contributed by atoms with Gasteiger partial charge in [-0.05, 0) is 36.6 Å². The molecule has 1 heterocycles. The van der Waals surface area contributed by atoms with Gasteiger partial charge in [-0.2, -0.15) is 0 Å². The van der Waals surface area contributed by atoms with E-state index in [9.17, 15) is 0 Å². The summed E-state index contributed by atoms with van der Waals surface area (Å²) in [6, 6.07) is 10.3. The Kier molecular flexibility index (Phi) is 5.88. The van der Waals surface area contributed by atoms with E-state index in [4.69, 9.17) is 4.74 Å². The average Bonchev–Trinajstić information content (AvgIpc) is 2.53. The minimum atomic E-state index is 0.867. The molecule has 2 rings (SSSR count). The van der Waals surface area contributed by atoms with Gasteiger partial charge in [0.1, 0.15) is 5.75 Å². The summed E-state index contributed by atoms with van der Waals surface area (Å²) >= 11 is 0. The number of hydrogen-bond acceptors (Lipinski definition) is 4. The molecule has 0 radical (unpaired) electrons. The van der Waals surface area contributed by atoms with Crippen molar-refractivity contribution < 1.29 is 4.74 Å². The molecular formula is C17H23N3O. The summed E-state index contributed by atoms with van der Waals surface area (Å²) in [6.07, 6.45) is 5.75. The van der Waals surface area contributed by atoms with Crippen molar-refractivity contribution in [2.75, 3.05) is 30.8 Å². The van der Waals surface area contributed by atoms with Gasteiger partial charge in [0.2, 0.25) is 0 Å². The van der Waals surface area contributed by atoms with Crippen molar-refractivity contribution in [1.82, 2.24) is 4.98 Å². The van der Waals surface area contributed by atoms with Crippen LogP contribution in [-0.4, -0.2) is 25.2 Å². The molecule has 112 valence electrons. The van der Waals surface area contributed by atoms with E-state index in [1.165, 1.54) is 5.56 Å². The van der Waals surface area contributed by atoms with Crippen molar-refractivity contribution >= 4 is 11.4 Å². The molecule has 0 aliphatic heterocycles. The molecule has 0 aliphatic rings. The van der Waals surface area contributed by atoms with Crippen molar-refractivity contribution in [1.29, 1.82) is 0 Å². The van der Waals surface area contributed by atoms with Crippen molar-refractivity contribution in [2.24, 2.45) is 0 Å². The fourth-order valence-corrected chi connectivity index (χ4v) is 2.08. The second-order valence-electron chi connectivity index (χ2n) is 4.92. The lowest BCUT2D eigenvalue weighted by atomic mass is 10.1. The number of methoxy groups -OCH3 is 1. The van der Waals surface area contributed by atoms with E-state index < -0.39 is 0 Å². The Morgan fingerprint density at radius 1 is 1.05 bits per heavy atom. The van der Waals surface area contributed by atoms with Gasteiger partial charge in [0.15, 0.2) is 0 Å². The molecule has 1 aromatic heterocycles. The topological polar surface area (TPSA) is 46.2 Å². The molecule has 0 saturated heterocycles. The Hall–Kier alpha value is -2.23. The van der Waals surface area contributed by atoms with Crippen LogP contribution in [0.2, 0.25) is 0 Å². The average molecular weight is 285 g/mol. The first kappa shape index (κ1) is 15.2. The molecule has 1 aromatic carbocycles. The van der Waals surface area contributed by atoms with E-state index >= 15 is 0 Å². The van der Waals surface area contributed by atoms with E-state index in [1.54, 1.807) is 7.11 Å². The van der Waals surface area contributed by atoms with Crippen LogP contribution in [0.4, 0.5) is 11.4 Å². The van der Waals surface area contributed by atoms with Gasteiger partial charge in [0, 0.05) is 13.1 Å². The molecule has 0 fully saturated rings. The number of hydrogen-bond donors (Lipinski definition) is 2. The molecule has 2 N–H and O–H groups in total. The van der Waals surface area contributed by atoms with Crippen LogP contribution >= 0.6 is 0 Å². The molecule has 0 atom stereocenters. The Morgan fingerprint density at radius 2 is 1.81 bits per heavy atom. The molecule has 4 nitrogen and oxygen atoms in total. The third-order valence-corrected chi connectivity index (χ3v) is 3.19. The number of anilines is 2. The smallest absolute Gasteiger partial charge is 0.119 e. The van der Waals surface area contributed by atoms with Crippen LogP contribution in [-0.2, 0) is 6.42 Å². The maximum Gasteiger partial charge on any atom is 0.119 e. The van der Waals surface area contributed by atoms with Gasteiger partial charge < -0.3 is 15.4 Å². The number of benzene rings is 1. The van der Waals surface area contributed by atoms with Crippen molar-refractivity contribution in [2.45, 2.75) is 19.8 Å². The third-order valence-electron chi connectivity index (χ3n) is 3.19. The lowest BCUT2D eigenvalue weighted by molar-refractivity contribution is 0.414. The summed E-state index contributed by atoms with van der Waals surface area (Å²) in [5, 5.41) is 6.74. The third kappa shape index (κ3) is 4.99. The molecule has 0 bridgehead atoms. The molecule has 4 heteroatoms. The second kappa shape index (κ2) is 8.15. The summed E-state index contributed by atoms with van der Waals surface area (Å²) in [4.78, 5) is 4.25. The normalized spacial score (nSPS) is 10.2. The van der Waals surface area contributed by atoms with Gasteiger partial charge in [-0.25, -0.2) is 0 Å². The number of ether oxygens (including phenoxy) is 1. The van der Waals surface area contributed by atoms with Crippen LogP contribution in [0.15, 0.2) is 42.7 Å². The quantitative estimate of drug-likeness (QED) is 0.778. The van der Waals surface area contributed by atoms with Crippen molar-refractivity contribution in [3.63, 3.8) is 0 Å². The fourth-order valence-electron chi connectivity index (χ4n) is 2.08. The highest BCUT2D eigenvalue weighted by molar-refractivity contribution is 5.54. The van der Waals surface area contributed by atoms with Crippen molar-refractivity contribution in [3.05, 3.63) is 48.3 Å². The zero-order valence-corrected chi connectivity index (χ0v) is 12.7. The molecule has 0 unspecified atom stereocenters. The Balaban J connectivity index is 1.85. The monoisotopic (exact) mass is 285 g/mol.